The molecule has 2 N–H and O–H groups in total. The Morgan fingerprint density at radius 1 is 1.21 bits per heavy atom. The molecule has 0 unspecified atom stereocenters. The number of allylic oxidation sites excluding steroid dienone is 1. The molecule has 1 amide bonds. The molecule has 2 aliphatic heterocycles. The third-order valence-corrected chi connectivity index (χ3v) is 5.85. The minimum Gasteiger partial charge on any atom is -0.445 e. The minimum absolute atomic E-state index is 0.0164. The lowest BCUT2D eigenvalue weighted by Gasteiger charge is -2.35. The lowest BCUT2D eigenvalue weighted by molar-refractivity contribution is -0.129. The summed E-state index contributed by atoms with van der Waals surface area (Å²) in [5.74, 6) is -0.00993. The van der Waals surface area contributed by atoms with Gasteiger partial charge in [0.2, 0.25) is 0 Å². The first kappa shape index (κ1) is 23.5. The van der Waals surface area contributed by atoms with Crippen LogP contribution >= 0.6 is 0 Å². The molecular weight excluding hydrogens is 370 g/mol. The van der Waals surface area contributed by atoms with E-state index >= 15 is 0 Å². The molecule has 1 saturated heterocycles. The predicted molar refractivity (Wildman–Crippen MR) is 113 cm³/mol. The van der Waals surface area contributed by atoms with Crippen LogP contribution < -0.4 is 10.6 Å². The van der Waals surface area contributed by atoms with Crippen LogP contribution in [-0.4, -0.2) is 65.9 Å². The number of rotatable bonds is 4. The lowest BCUT2D eigenvalue weighted by Crippen LogP contribution is -2.61. The van der Waals surface area contributed by atoms with Gasteiger partial charge in [-0.05, 0) is 46.5 Å². The number of ether oxygens (including phenoxy) is 1. The number of amides is 1. The second kappa shape index (κ2) is 9.85. The summed E-state index contributed by atoms with van der Waals surface area (Å²) in [7, 11) is 0. The van der Waals surface area contributed by atoms with Gasteiger partial charge in [-0.1, -0.05) is 26.0 Å². The topological polar surface area (TPSA) is 87.7 Å². The fourth-order valence-corrected chi connectivity index (χ4v) is 4.29. The van der Waals surface area contributed by atoms with Crippen LogP contribution in [0.1, 0.15) is 60.3 Å². The maximum Gasteiger partial charge on any atom is 0.410 e. The molecular formula is C22H37N3O4. The van der Waals surface area contributed by atoms with Gasteiger partial charge in [-0.2, -0.15) is 0 Å². The number of hydrogen-bond donors (Lipinski definition) is 2. The molecule has 0 aromatic heterocycles. The molecule has 0 radical (unpaired) electrons. The first-order valence-corrected chi connectivity index (χ1v) is 10.8. The third-order valence-electron chi connectivity index (χ3n) is 5.85. The molecule has 7 nitrogen and oxygen atoms in total. The quantitative estimate of drug-likeness (QED) is 0.696. The van der Waals surface area contributed by atoms with Crippen LogP contribution in [0.5, 0.6) is 0 Å². The van der Waals surface area contributed by atoms with Crippen LogP contribution in [0.15, 0.2) is 12.2 Å². The summed E-state index contributed by atoms with van der Waals surface area (Å²) in [4.78, 5) is 40.2. The lowest BCUT2D eigenvalue weighted by atomic mass is 9.83. The Bertz CT molecular complexity index is 646. The molecule has 2 atom stereocenters. The molecule has 0 spiro atoms. The van der Waals surface area contributed by atoms with Crippen molar-refractivity contribution in [3.8, 4) is 0 Å². The van der Waals surface area contributed by atoms with Crippen molar-refractivity contribution in [2.75, 3.05) is 26.2 Å². The molecule has 0 aromatic carbocycles. The highest BCUT2D eigenvalue weighted by molar-refractivity contribution is 5.94. The van der Waals surface area contributed by atoms with Gasteiger partial charge in [0.1, 0.15) is 6.61 Å². The van der Waals surface area contributed by atoms with Crippen LogP contribution in [0.25, 0.3) is 0 Å². The molecule has 164 valence electrons. The van der Waals surface area contributed by atoms with Gasteiger partial charge in [0.05, 0.1) is 17.6 Å². The van der Waals surface area contributed by atoms with Crippen LogP contribution in [-0.2, 0) is 14.3 Å². The van der Waals surface area contributed by atoms with Gasteiger partial charge in [-0.3, -0.25) is 14.9 Å². The Labute approximate surface area is 174 Å². The largest absolute Gasteiger partial charge is 0.445 e. The maximum atomic E-state index is 13.3. The molecule has 0 aromatic rings. The van der Waals surface area contributed by atoms with Crippen molar-refractivity contribution in [1.82, 2.24) is 15.5 Å². The number of fused-ring (bicyclic) bond motifs is 2. The van der Waals surface area contributed by atoms with Crippen molar-refractivity contribution < 1.29 is 19.1 Å². The normalized spacial score (nSPS) is 30.8. The van der Waals surface area contributed by atoms with Crippen molar-refractivity contribution in [2.45, 2.75) is 77.4 Å². The summed E-state index contributed by atoms with van der Waals surface area (Å²) >= 11 is 0. The molecule has 0 aliphatic carbocycles. The van der Waals surface area contributed by atoms with Crippen LogP contribution in [0.2, 0.25) is 0 Å². The zero-order valence-electron chi connectivity index (χ0n) is 18.5. The summed E-state index contributed by atoms with van der Waals surface area (Å²) in [6, 6.07) is 0.0867. The average Bonchev–Trinajstić information content (AvgIpc) is 3.08. The number of hydrogen-bond acceptors (Lipinski definition) is 6. The monoisotopic (exact) mass is 407 g/mol. The van der Waals surface area contributed by atoms with Gasteiger partial charge in [-0.25, -0.2) is 4.79 Å². The van der Waals surface area contributed by atoms with E-state index in [-0.39, 0.29) is 43.2 Å². The number of Topliss-reactive ketones (excluding diaryl/α,β-unsaturated/α-hetero) is 2. The van der Waals surface area contributed by atoms with E-state index in [1.165, 1.54) is 0 Å². The van der Waals surface area contributed by atoms with Crippen molar-refractivity contribution in [2.24, 2.45) is 5.92 Å². The van der Waals surface area contributed by atoms with Crippen LogP contribution in [0.3, 0.4) is 0 Å². The SMILES string of the molecule is CC(C)N[C@]12CCN(C1)C(=O)OC/C=C/CCC[C@](C)(C(=O)C(C)C)NCC2=O. The highest BCUT2D eigenvalue weighted by Crippen LogP contribution is 2.26. The Kier molecular flexibility index (Phi) is 8.00. The zero-order chi connectivity index (χ0) is 21.7. The number of cyclic esters (lactones) is 1. The highest BCUT2D eigenvalue weighted by atomic mass is 16.6. The van der Waals surface area contributed by atoms with E-state index in [9.17, 15) is 14.4 Å². The number of nitrogens with one attached hydrogen (secondary N) is 2. The minimum atomic E-state index is -0.821. The van der Waals surface area contributed by atoms with E-state index in [1.807, 2.05) is 46.8 Å². The van der Waals surface area contributed by atoms with E-state index in [4.69, 9.17) is 4.74 Å². The second-order valence-corrected chi connectivity index (χ2v) is 9.12. The Morgan fingerprint density at radius 2 is 1.93 bits per heavy atom. The van der Waals surface area contributed by atoms with Crippen LogP contribution in [0, 0.1) is 5.92 Å². The summed E-state index contributed by atoms with van der Waals surface area (Å²) in [6.45, 7) is 10.7. The Hall–Kier alpha value is -1.73. The number of ketones is 2. The molecule has 0 saturated carbocycles. The van der Waals surface area contributed by atoms with Crippen molar-refractivity contribution in [3.05, 3.63) is 12.2 Å². The first-order valence-electron chi connectivity index (χ1n) is 10.8. The summed E-state index contributed by atoms with van der Waals surface area (Å²) in [5.41, 5.74) is -1.57. The molecule has 2 bridgehead atoms. The van der Waals surface area contributed by atoms with E-state index in [0.717, 1.165) is 12.8 Å². The second-order valence-electron chi connectivity index (χ2n) is 9.12. The molecule has 29 heavy (non-hydrogen) atoms. The van der Waals surface area contributed by atoms with E-state index < -0.39 is 17.2 Å². The van der Waals surface area contributed by atoms with Crippen molar-refractivity contribution in [1.29, 1.82) is 0 Å². The summed E-state index contributed by atoms with van der Waals surface area (Å²) in [6.07, 6.45) is 6.21. The van der Waals surface area contributed by atoms with Crippen molar-refractivity contribution >= 4 is 17.7 Å². The van der Waals surface area contributed by atoms with Gasteiger partial charge in [0.25, 0.3) is 0 Å². The summed E-state index contributed by atoms with van der Waals surface area (Å²) < 4.78 is 5.34. The smallest absolute Gasteiger partial charge is 0.410 e. The van der Waals surface area contributed by atoms with Crippen molar-refractivity contribution in [3.63, 3.8) is 0 Å². The standard InChI is InChI=1S/C22H37N3O4/c1-16(2)19(27)21(5)10-8-6-7-9-13-29-20(28)25-12-11-22(15-25,24-17(3)4)18(26)14-23-21/h7,9,16-17,23-24H,6,8,10-15H2,1-5H3/b9-7+/t21-,22-/m1/s1. The zero-order valence-corrected chi connectivity index (χ0v) is 18.5. The molecule has 1 fully saturated rings. The van der Waals surface area contributed by atoms with E-state index in [2.05, 4.69) is 10.6 Å². The van der Waals surface area contributed by atoms with Gasteiger partial charge in [-0.15, -0.1) is 0 Å². The van der Waals surface area contributed by atoms with E-state index in [1.54, 1.807) is 4.90 Å². The molecule has 2 aliphatic rings. The van der Waals surface area contributed by atoms with E-state index in [0.29, 0.717) is 19.4 Å². The third kappa shape index (κ3) is 5.89. The molecule has 2 heterocycles. The van der Waals surface area contributed by atoms with Gasteiger partial charge in [0, 0.05) is 25.0 Å². The van der Waals surface area contributed by atoms with Gasteiger partial charge >= 0.3 is 6.09 Å². The average molecular weight is 408 g/mol. The Morgan fingerprint density at radius 3 is 2.59 bits per heavy atom. The fraction of sp³-hybridized carbons (Fsp3) is 0.773. The number of carbonyl (C=O) groups is 3. The number of carbonyl (C=O) groups excluding carboxylic acids is 3. The molecule has 7 heteroatoms. The van der Waals surface area contributed by atoms with Crippen LogP contribution in [0.4, 0.5) is 4.79 Å². The Balaban J connectivity index is 2.28. The maximum absolute atomic E-state index is 13.3. The fourth-order valence-electron chi connectivity index (χ4n) is 4.29. The predicted octanol–water partition coefficient (Wildman–Crippen LogP) is 2.45. The van der Waals surface area contributed by atoms with Gasteiger partial charge < -0.3 is 15.0 Å². The van der Waals surface area contributed by atoms with Gasteiger partial charge in [0.15, 0.2) is 11.6 Å². The summed E-state index contributed by atoms with van der Waals surface area (Å²) in [5, 5.41) is 6.68. The number of nitrogens with zero attached hydrogens (tertiary/aromatic N) is 1. The molecule has 2 rings (SSSR count). The highest BCUT2D eigenvalue weighted by Gasteiger charge is 2.47. The first-order chi connectivity index (χ1) is 13.6.